The van der Waals surface area contributed by atoms with Gasteiger partial charge in [0, 0.05) is 5.69 Å². The van der Waals surface area contributed by atoms with E-state index in [1.165, 1.54) is 6.07 Å². The highest BCUT2D eigenvalue weighted by atomic mass is 19.4. The van der Waals surface area contributed by atoms with Crippen molar-refractivity contribution in [1.29, 1.82) is 0 Å². The lowest BCUT2D eigenvalue weighted by Gasteiger charge is -2.10. The molecule has 0 saturated heterocycles. The van der Waals surface area contributed by atoms with Gasteiger partial charge in [-0.25, -0.2) is 8.78 Å². The van der Waals surface area contributed by atoms with E-state index >= 15 is 0 Å². The number of alkyl halides is 3. The van der Waals surface area contributed by atoms with E-state index in [1.54, 1.807) is 0 Å². The molecule has 3 rings (SSSR count). The lowest BCUT2D eigenvalue weighted by molar-refractivity contribution is -0.137. The predicted octanol–water partition coefficient (Wildman–Crippen LogP) is 4.20. The summed E-state index contributed by atoms with van der Waals surface area (Å²) in [6, 6.07) is 7.18. The van der Waals surface area contributed by atoms with E-state index in [2.05, 4.69) is 10.6 Å². The van der Waals surface area contributed by atoms with E-state index in [0.717, 1.165) is 36.4 Å². The summed E-state index contributed by atoms with van der Waals surface area (Å²) in [7, 11) is 0. The lowest BCUT2D eigenvalue weighted by atomic mass is 10.2. The highest BCUT2D eigenvalue weighted by Crippen LogP contribution is 2.41. The minimum Gasteiger partial charge on any atom is -0.326 e. The van der Waals surface area contributed by atoms with E-state index in [9.17, 15) is 31.5 Å². The zero-order chi connectivity index (χ0) is 19.8. The molecule has 2 aromatic carbocycles. The minimum absolute atomic E-state index is 0.0546. The molecular formula is C18H13F5N2O2. The number of nitrogens with one attached hydrogen (secondary N) is 2. The third-order valence-corrected chi connectivity index (χ3v) is 4.13. The maximum atomic E-state index is 13.5. The van der Waals surface area contributed by atoms with Crippen molar-refractivity contribution in [3.05, 3.63) is 59.7 Å². The quantitative estimate of drug-likeness (QED) is 0.777. The number of halogens is 5. The molecule has 2 unspecified atom stereocenters. The molecule has 2 N–H and O–H groups in total. The van der Waals surface area contributed by atoms with E-state index in [4.69, 9.17) is 0 Å². The number of benzene rings is 2. The fourth-order valence-electron chi connectivity index (χ4n) is 2.62. The maximum Gasteiger partial charge on any atom is 0.416 e. The first-order valence-electron chi connectivity index (χ1n) is 7.90. The summed E-state index contributed by atoms with van der Waals surface area (Å²) in [5, 5.41) is 4.42. The van der Waals surface area contributed by atoms with Crippen LogP contribution >= 0.6 is 0 Å². The Balaban J connectivity index is 1.61. The first-order chi connectivity index (χ1) is 12.7. The van der Waals surface area contributed by atoms with Gasteiger partial charge in [0.25, 0.3) is 0 Å². The number of carbonyl (C=O) groups is 2. The Morgan fingerprint density at radius 2 is 1.44 bits per heavy atom. The summed E-state index contributed by atoms with van der Waals surface area (Å²) in [4.78, 5) is 24.2. The standard InChI is InChI=1S/C18H13F5N2O2/c19-13-5-2-6-14(20)15(13)25-17(27)12-8-11(12)16(26)24-10-4-1-3-9(7-10)18(21,22)23/h1-7,11-12H,8H2,(H,24,26)(H,25,27). The third kappa shape index (κ3) is 4.24. The van der Waals surface area contributed by atoms with E-state index in [-0.39, 0.29) is 12.1 Å². The van der Waals surface area contributed by atoms with Crippen LogP contribution in [0.5, 0.6) is 0 Å². The Morgan fingerprint density at radius 1 is 0.889 bits per heavy atom. The van der Waals surface area contributed by atoms with Gasteiger partial charge in [0.05, 0.1) is 17.4 Å². The second kappa shape index (κ2) is 6.98. The normalized spacial score (nSPS) is 18.7. The highest BCUT2D eigenvalue weighted by molar-refractivity contribution is 6.03. The average Bonchev–Trinajstić information content (AvgIpc) is 3.38. The van der Waals surface area contributed by atoms with Crippen molar-refractivity contribution < 1.29 is 31.5 Å². The molecule has 0 radical (unpaired) electrons. The van der Waals surface area contributed by atoms with Crippen molar-refractivity contribution in [3.8, 4) is 0 Å². The van der Waals surface area contributed by atoms with Crippen LogP contribution in [0.1, 0.15) is 12.0 Å². The molecular weight excluding hydrogens is 371 g/mol. The second-order valence-corrected chi connectivity index (χ2v) is 6.10. The summed E-state index contributed by atoms with van der Waals surface area (Å²) in [6.45, 7) is 0. The fraction of sp³-hybridized carbons (Fsp3) is 0.222. The van der Waals surface area contributed by atoms with Crippen LogP contribution in [0.15, 0.2) is 42.5 Å². The molecule has 27 heavy (non-hydrogen) atoms. The molecule has 0 aromatic heterocycles. The van der Waals surface area contributed by atoms with Crippen molar-refractivity contribution in [2.45, 2.75) is 12.6 Å². The molecule has 1 aliphatic rings. The van der Waals surface area contributed by atoms with Crippen molar-refractivity contribution in [1.82, 2.24) is 0 Å². The topological polar surface area (TPSA) is 58.2 Å². The Bertz CT molecular complexity index is 877. The first kappa shape index (κ1) is 18.8. The number of rotatable bonds is 4. The van der Waals surface area contributed by atoms with Crippen LogP contribution in [-0.4, -0.2) is 11.8 Å². The largest absolute Gasteiger partial charge is 0.416 e. The molecule has 1 aliphatic carbocycles. The Hall–Kier alpha value is -2.97. The highest BCUT2D eigenvalue weighted by Gasteiger charge is 2.48. The van der Waals surface area contributed by atoms with Crippen LogP contribution in [0.3, 0.4) is 0 Å². The summed E-state index contributed by atoms with van der Waals surface area (Å²) in [6.07, 6.45) is -4.42. The molecule has 1 saturated carbocycles. The average molecular weight is 384 g/mol. The van der Waals surface area contributed by atoms with Gasteiger partial charge < -0.3 is 10.6 Å². The number of para-hydroxylation sites is 1. The molecule has 2 atom stereocenters. The van der Waals surface area contributed by atoms with Gasteiger partial charge in [-0.1, -0.05) is 12.1 Å². The summed E-state index contributed by atoms with van der Waals surface area (Å²) in [5.41, 5.74) is -1.58. The number of amides is 2. The number of hydrogen-bond donors (Lipinski definition) is 2. The zero-order valence-corrected chi connectivity index (χ0v) is 13.6. The van der Waals surface area contributed by atoms with E-state index in [0.29, 0.717) is 0 Å². The maximum absolute atomic E-state index is 13.5. The SMILES string of the molecule is O=C(Nc1cccc(C(F)(F)F)c1)C1CC1C(=O)Nc1c(F)cccc1F. The van der Waals surface area contributed by atoms with Gasteiger partial charge in [0.15, 0.2) is 0 Å². The lowest BCUT2D eigenvalue weighted by Crippen LogP contribution is -2.21. The van der Waals surface area contributed by atoms with Crippen molar-refractivity contribution >= 4 is 23.2 Å². The molecule has 0 spiro atoms. The first-order valence-corrected chi connectivity index (χ1v) is 7.90. The van der Waals surface area contributed by atoms with Crippen molar-refractivity contribution in [2.75, 3.05) is 10.6 Å². The van der Waals surface area contributed by atoms with Gasteiger partial charge in [-0.2, -0.15) is 13.2 Å². The van der Waals surface area contributed by atoms with Crippen LogP contribution in [-0.2, 0) is 15.8 Å². The number of hydrogen-bond acceptors (Lipinski definition) is 2. The second-order valence-electron chi connectivity index (χ2n) is 6.10. The van der Waals surface area contributed by atoms with Gasteiger partial charge in [0.1, 0.15) is 17.3 Å². The summed E-state index contributed by atoms with van der Waals surface area (Å²) in [5.74, 6) is -4.86. The summed E-state index contributed by atoms with van der Waals surface area (Å²) < 4.78 is 65.2. The molecule has 0 aliphatic heterocycles. The van der Waals surface area contributed by atoms with Gasteiger partial charge in [0.2, 0.25) is 11.8 Å². The zero-order valence-electron chi connectivity index (χ0n) is 13.6. The minimum atomic E-state index is -4.55. The number of anilines is 2. The van der Waals surface area contributed by atoms with Crippen LogP contribution in [0.2, 0.25) is 0 Å². The Labute approximate surface area is 150 Å². The van der Waals surface area contributed by atoms with Crippen molar-refractivity contribution in [2.24, 2.45) is 11.8 Å². The monoisotopic (exact) mass is 384 g/mol. The fourth-order valence-corrected chi connectivity index (χ4v) is 2.62. The van der Waals surface area contributed by atoms with Crippen LogP contribution in [0.4, 0.5) is 33.3 Å². The molecule has 0 heterocycles. The predicted molar refractivity (Wildman–Crippen MR) is 86.7 cm³/mol. The molecule has 1 fully saturated rings. The van der Waals surface area contributed by atoms with Gasteiger partial charge in [-0.15, -0.1) is 0 Å². The molecule has 0 bridgehead atoms. The molecule has 9 heteroatoms. The van der Waals surface area contributed by atoms with Crippen LogP contribution < -0.4 is 10.6 Å². The van der Waals surface area contributed by atoms with Crippen LogP contribution in [0, 0.1) is 23.5 Å². The van der Waals surface area contributed by atoms with Gasteiger partial charge >= 0.3 is 6.18 Å². The number of carbonyl (C=O) groups excluding carboxylic acids is 2. The summed E-state index contributed by atoms with van der Waals surface area (Å²) >= 11 is 0. The molecule has 2 aromatic rings. The Morgan fingerprint density at radius 3 is 2.04 bits per heavy atom. The molecule has 4 nitrogen and oxygen atoms in total. The van der Waals surface area contributed by atoms with Crippen LogP contribution in [0.25, 0.3) is 0 Å². The smallest absolute Gasteiger partial charge is 0.326 e. The molecule has 142 valence electrons. The Kier molecular flexibility index (Phi) is 4.86. The van der Waals surface area contributed by atoms with Gasteiger partial charge in [-0.05, 0) is 36.8 Å². The third-order valence-electron chi connectivity index (χ3n) is 4.13. The van der Waals surface area contributed by atoms with Crippen molar-refractivity contribution in [3.63, 3.8) is 0 Å². The molecule has 2 amide bonds. The van der Waals surface area contributed by atoms with Gasteiger partial charge in [-0.3, -0.25) is 9.59 Å². The van der Waals surface area contributed by atoms with E-state index < -0.39 is 52.7 Å². The van der Waals surface area contributed by atoms with E-state index in [1.807, 2.05) is 0 Å².